The maximum Gasteiger partial charge on any atom is 0.182 e. The summed E-state index contributed by atoms with van der Waals surface area (Å²) in [6.45, 7) is -1.92. The van der Waals surface area contributed by atoms with Crippen LogP contribution in [-0.2, 0) is 0 Å². The molecule has 0 spiro atoms. The Morgan fingerprint density at radius 2 is 1.50 bits per heavy atom. The summed E-state index contributed by atoms with van der Waals surface area (Å²) in [5.41, 5.74) is 2.97. The van der Waals surface area contributed by atoms with Crippen molar-refractivity contribution in [1.82, 2.24) is 9.88 Å². The number of hydrogen-bond donors (Lipinski definition) is 0. The number of aromatic nitrogens is 1. The predicted octanol–water partition coefficient (Wildman–Crippen LogP) is 4.41. The number of ether oxygens (including phenoxy) is 1. The highest BCUT2D eigenvalue weighted by Gasteiger charge is 2.49. The molecule has 0 atom stereocenters. The molecule has 5 aromatic rings. The molecule has 184 valence electrons. The minimum absolute atomic E-state index is 0.257. The first-order valence-electron chi connectivity index (χ1n) is 14.2. The van der Waals surface area contributed by atoms with Crippen LogP contribution in [0.1, 0.15) is 4.11 Å². The second-order valence-corrected chi connectivity index (χ2v) is 13.3. The van der Waals surface area contributed by atoms with Crippen LogP contribution in [0.3, 0.4) is 0 Å². The highest BCUT2D eigenvalue weighted by atomic mass is 28.3. The first-order valence-corrected chi connectivity index (χ1v) is 14.7. The third-order valence-electron chi connectivity index (χ3n) is 7.39. The maximum atomic E-state index is 7.68. The van der Waals surface area contributed by atoms with E-state index in [9.17, 15) is 0 Å². The Kier molecular flexibility index (Phi) is 4.64. The van der Waals surface area contributed by atoms with Crippen LogP contribution >= 0.6 is 0 Å². The van der Waals surface area contributed by atoms with Crippen LogP contribution in [0, 0.1) is 0 Å². The Labute approximate surface area is 228 Å². The fourth-order valence-electron chi connectivity index (χ4n) is 5.79. The third-order valence-corrected chi connectivity index (χ3v) is 12.2. The quantitative estimate of drug-likeness (QED) is 0.320. The van der Waals surface area contributed by atoms with Crippen LogP contribution < -0.4 is 30.4 Å². The SMILES string of the molecule is [2H]C([2H])([2H])N1C=CN(c2cccc(Oc3ccc4c(c3)-c3ncccc3[Si]4(c3ccccc3)c3ccccc3)c2)C1. The molecule has 38 heavy (non-hydrogen) atoms. The van der Waals surface area contributed by atoms with Gasteiger partial charge in [0.05, 0.1) is 12.4 Å². The standard InChI is InChI=1S/C33H27N3OSi/c1-35-20-21-36(24-35)25-10-8-11-26(22-25)37-27-17-18-31-30(23-27)33-32(16-9-19-34-33)38(31,28-12-4-2-5-13-28)29-14-6-3-7-15-29/h2-23H,24H2,1H3/i1D3. The van der Waals surface area contributed by atoms with Gasteiger partial charge in [-0.2, -0.15) is 0 Å². The first-order chi connectivity index (χ1) is 19.9. The summed E-state index contributed by atoms with van der Waals surface area (Å²) in [6, 6.07) is 40.0. The van der Waals surface area contributed by atoms with Gasteiger partial charge in [-0.3, -0.25) is 4.98 Å². The van der Waals surface area contributed by atoms with Crippen LogP contribution in [0.15, 0.2) is 134 Å². The topological polar surface area (TPSA) is 28.6 Å². The smallest absolute Gasteiger partial charge is 0.182 e. The van der Waals surface area contributed by atoms with Crippen molar-refractivity contribution >= 4 is 34.5 Å². The fraction of sp³-hybridized carbons (Fsp3) is 0.0606. The Hall–Kier alpha value is -4.61. The van der Waals surface area contributed by atoms with Crippen molar-refractivity contribution in [1.29, 1.82) is 0 Å². The molecule has 2 aliphatic rings. The summed E-state index contributed by atoms with van der Waals surface area (Å²) >= 11 is 0. The third kappa shape index (κ3) is 3.55. The average molecular weight is 513 g/mol. The fourth-order valence-corrected chi connectivity index (χ4v) is 10.9. The van der Waals surface area contributed by atoms with E-state index in [1.165, 1.54) is 25.6 Å². The Morgan fingerprint density at radius 1 is 0.737 bits per heavy atom. The van der Waals surface area contributed by atoms with Gasteiger partial charge in [-0.1, -0.05) is 78.9 Å². The summed E-state index contributed by atoms with van der Waals surface area (Å²) in [6.07, 6.45) is 5.24. The lowest BCUT2D eigenvalue weighted by Crippen LogP contribution is -2.72. The van der Waals surface area contributed by atoms with Crippen LogP contribution in [0.2, 0.25) is 0 Å². The molecule has 0 saturated heterocycles. The summed E-state index contributed by atoms with van der Waals surface area (Å²) < 4.78 is 29.4. The van der Waals surface area contributed by atoms with E-state index >= 15 is 0 Å². The molecular formula is C33H27N3OSi. The molecule has 0 unspecified atom stereocenters. The lowest BCUT2D eigenvalue weighted by atomic mass is 10.1. The zero-order chi connectivity index (χ0) is 28.0. The van der Waals surface area contributed by atoms with Gasteiger partial charge in [0, 0.05) is 47.0 Å². The van der Waals surface area contributed by atoms with Crippen LogP contribution in [0.4, 0.5) is 5.69 Å². The van der Waals surface area contributed by atoms with Crippen molar-refractivity contribution in [2.24, 2.45) is 0 Å². The van der Waals surface area contributed by atoms with Crippen LogP contribution in [-0.4, -0.2) is 31.6 Å². The van der Waals surface area contributed by atoms with Crippen molar-refractivity contribution in [2.75, 3.05) is 18.5 Å². The monoisotopic (exact) mass is 512 g/mol. The van der Waals surface area contributed by atoms with E-state index in [1.807, 2.05) is 41.4 Å². The highest BCUT2D eigenvalue weighted by molar-refractivity contribution is 7.22. The van der Waals surface area contributed by atoms with E-state index in [2.05, 4.69) is 84.9 Å². The van der Waals surface area contributed by atoms with E-state index in [0.29, 0.717) is 5.75 Å². The first kappa shape index (κ1) is 19.5. The highest BCUT2D eigenvalue weighted by Crippen LogP contribution is 2.33. The van der Waals surface area contributed by atoms with Gasteiger partial charge in [0.15, 0.2) is 8.07 Å². The molecule has 4 nitrogen and oxygen atoms in total. The van der Waals surface area contributed by atoms with Gasteiger partial charge in [-0.05, 0) is 51.1 Å². The van der Waals surface area contributed by atoms with E-state index in [0.717, 1.165) is 22.7 Å². The molecule has 0 fully saturated rings. The number of benzene rings is 4. The minimum Gasteiger partial charge on any atom is -0.457 e. The number of hydrogen-bond acceptors (Lipinski definition) is 4. The maximum absolute atomic E-state index is 7.68. The van der Waals surface area contributed by atoms with Gasteiger partial charge in [0.2, 0.25) is 0 Å². The molecule has 0 aliphatic carbocycles. The molecule has 7 rings (SSSR count). The molecule has 5 heteroatoms. The number of pyridine rings is 1. The molecular weight excluding hydrogens is 482 g/mol. The summed E-state index contributed by atoms with van der Waals surface area (Å²) in [7, 11) is -2.57. The van der Waals surface area contributed by atoms with Crippen LogP contribution in [0.25, 0.3) is 11.3 Å². The van der Waals surface area contributed by atoms with Gasteiger partial charge in [-0.25, -0.2) is 0 Å². The Bertz CT molecular complexity index is 1720. The van der Waals surface area contributed by atoms with Gasteiger partial charge in [-0.15, -0.1) is 0 Å². The van der Waals surface area contributed by atoms with Crippen molar-refractivity contribution in [2.45, 2.75) is 0 Å². The molecule has 0 radical (unpaired) electrons. The summed E-state index contributed by atoms with van der Waals surface area (Å²) in [4.78, 5) is 8.13. The van der Waals surface area contributed by atoms with E-state index in [1.54, 1.807) is 12.4 Å². The molecule has 1 aromatic heterocycles. The number of anilines is 1. The van der Waals surface area contributed by atoms with Gasteiger partial charge >= 0.3 is 0 Å². The normalized spacial score (nSPS) is 16.4. The average Bonchev–Trinajstić information content (AvgIpc) is 3.61. The van der Waals surface area contributed by atoms with Crippen molar-refractivity contribution in [3.8, 4) is 22.8 Å². The molecule has 0 amide bonds. The van der Waals surface area contributed by atoms with Gasteiger partial charge < -0.3 is 14.5 Å². The molecule has 2 aliphatic heterocycles. The molecule has 0 saturated carbocycles. The lowest BCUT2D eigenvalue weighted by Gasteiger charge is -2.31. The molecule has 3 heterocycles. The largest absolute Gasteiger partial charge is 0.457 e. The second-order valence-electron chi connectivity index (χ2n) is 9.57. The number of nitrogens with zero attached hydrogens (tertiary/aromatic N) is 3. The van der Waals surface area contributed by atoms with E-state index < -0.39 is 15.0 Å². The number of rotatable bonds is 5. The van der Waals surface area contributed by atoms with E-state index in [-0.39, 0.29) is 6.67 Å². The van der Waals surface area contributed by atoms with Crippen molar-refractivity contribution < 1.29 is 8.85 Å². The summed E-state index contributed by atoms with van der Waals surface area (Å²) in [5.74, 6) is 1.40. The summed E-state index contributed by atoms with van der Waals surface area (Å²) in [5, 5.41) is 5.23. The van der Waals surface area contributed by atoms with Gasteiger partial charge in [0.1, 0.15) is 11.5 Å². The second kappa shape index (κ2) is 9.05. The zero-order valence-electron chi connectivity index (χ0n) is 23.7. The van der Waals surface area contributed by atoms with Crippen molar-refractivity contribution in [3.63, 3.8) is 0 Å². The predicted molar refractivity (Wildman–Crippen MR) is 158 cm³/mol. The molecule has 0 N–H and O–H groups in total. The molecule has 4 aromatic carbocycles. The zero-order valence-corrected chi connectivity index (χ0v) is 21.7. The Morgan fingerprint density at radius 3 is 2.24 bits per heavy atom. The lowest BCUT2D eigenvalue weighted by molar-refractivity contribution is 0.481. The molecule has 0 bridgehead atoms. The van der Waals surface area contributed by atoms with E-state index in [4.69, 9.17) is 13.8 Å². The van der Waals surface area contributed by atoms with Crippen molar-refractivity contribution in [3.05, 3.63) is 134 Å². The number of fused-ring (bicyclic) bond motifs is 3. The minimum atomic E-state index is -2.57. The van der Waals surface area contributed by atoms with Gasteiger partial charge in [0.25, 0.3) is 0 Å². The van der Waals surface area contributed by atoms with Crippen LogP contribution in [0.5, 0.6) is 11.5 Å². The Balaban J connectivity index is 1.29.